The van der Waals surface area contributed by atoms with E-state index in [0.29, 0.717) is 24.4 Å². The molecule has 0 bridgehead atoms. The summed E-state index contributed by atoms with van der Waals surface area (Å²) in [6, 6.07) is 25.7. The van der Waals surface area contributed by atoms with Gasteiger partial charge in [-0.1, -0.05) is 84.0 Å². The lowest BCUT2D eigenvalue weighted by Gasteiger charge is -2.18. The molecule has 140 valence electrons. The Morgan fingerprint density at radius 2 is 1.61 bits per heavy atom. The first-order chi connectivity index (χ1) is 13.7. The Labute approximate surface area is 174 Å². The van der Waals surface area contributed by atoms with Gasteiger partial charge in [0.05, 0.1) is 6.54 Å². The first kappa shape index (κ1) is 18.8. The molecule has 0 N–H and O–H groups in total. The van der Waals surface area contributed by atoms with Gasteiger partial charge in [-0.2, -0.15) is 0 Å². The fraction of sp³-hybridized carbons (Fsp3) is 0.130. The zero-order valence-corrected chi connectivity index (χ0v) is 16.8. The number of rotatable bonds is 4. The van der Waals surface area contributed by atoms with Crippen molar-refractivity contribution in [1.29, 1.82) is 0 Å². The number of halogens is 1. The maximum absolute atomic E-state index is 13.0. The van der Waals surface area contributed by atoms with E-state index < -0.39 is 0 Å². The molecule has 1 aliphatic heterocycles. The lowest BCUT2D eigenvalue weighted by molar-refractivity contribution is 0.0860. The molecule has 0 radical (unpaired) electrons. The largest absolute Gasteiger partial charge is 0.286 e. The quantitative estimate of drug-likeness (QED) is 0.552. The van der Waals surface area contributed by atoms with E-state index in [1.54, 1.807) is 16.7 Å². The number of thioether (sulfide) groups is 1. The molecule has 3 nitrogen and oxygen atoms in total. The molecule has 1 amide bonds. The molecule has 0 saturated heterocycles. The number of benzene rings is 3. The number of hydrogen-bond donors (Lipinski definition) is 0. The summed E-state index contributed by atoms with van der Waals surface area (Å²) in [7, 11) is 0. The Bertz CT molecular complexity index is 1000. The van der Waals surface area contributed by atoms with E-state index >= 15 is 0 Å². The third-order valence-electron chi connectivity index (χ3n) is 4.60. The highest BCUT2D eigenvalue weighted by molar-refractivity contribution is 8.13. The van der Waals surface area contributed by atoms with Gasteiger partial charge >= 0.3 is 0 Å². The van der Waals surface area contributed by atoms with Crippen LogP contribution in [-0.2, 0) is 5.75 Å². The third-order valence-corrected chi connectivity index (χ3v) is 6.03. The van der Waals surface area contributed by atoms with Crippen LogP contribution in [0.1, 0.15) is 15.9 Å². The van der Waals surface area contributed by atoms with E-state index in [1.807, 2.05) is 66.7 Å². The van der Waals surface area contributed by atoms with Crippen LogP contribution < -0.4 is 0 Å². The predicted octanol–water partition coefficient (Wildman–Crippen LogP) is 5.75. The van der Waals surface area contributed by atoms with Gasteiger partial charge in [-0.3, -0.25) is 14.7 Å². The van der Waals surface area contributed by atoms with Crippen molar-refractivity contribution in [1.82, 2.24) is 4.90 Å². The lowest BCUT2D eigenvalue weighted by Crippen LogP contribution is -2.32. The normalized spacial score (nSPS) is 13.5. The first-order valence-electron chi connectivity index (χ1n) is 9.10. The van der Waals surface area contributed by atoms with E-state index in [9.17, 15) is 4.79 Å². The average Bonchev–Trinajstić information content (AvgIpc) is 3.22. The minimum Gasteiger partial charge on any atom is -0.286 e. The number of carbonyl (C=O) groups is 1. The molecule has 0 fully saturated rings. The molecule has 3 aromatic carbocycles. The van der Waals surface area contributed by atoms with Crippen LogP contribution in [0, 0.1) is 0 Å². The molecule has 0 aliphatic carbocycles. The molecular formula is C23H19ClN2OS. The summed E-state index contributed by atoms with van der Waals surface area (Å²) in [4.78, 5) is 19.3. The van der Waals surface area contributed by atoms with E-state index in [0.717, 1.165) is 26.9 Å². The second kappa shape index (κ2) is 8.63. The zero-order chi connectivity index (χ0) is 19.3. The minimum absolute atomic E-state index is 0.0116. The van der Waals surface area contributed by atoms with Crippen LogP contribution in [-0.4, -0.2) is 29.1 Å². The Morgan fingerprint density at radius 3 is 2.36 bits per heavy atom. The van der Waals surface area contributed by atoms with Crippen molar-refractivity contribution in [3.05, 3.63) is 95.0 Å². The average molecular weight is 407 g/mol. The molecule has 1 heterocycles. The van der Waals surface area contributed by atoms with Crippen LogP contribution in [0.2, 0.25) is 5.02 Å². The van der Waals surface area contributed by atoms with Crippen molar-refractivity contribution in [3.63, 3.8) is 0 Å². The first-order valence-corrected chi connectivity index (χ1v) is 10.5. The van der Waals surface area contributed by atoms with Crippen molar-refractivity contribution in [2.24, 2.45) is 4.99 Å². The Hall–Kier alpha value is -2.56. The molecule has 0 spiro atoms. The molecule has 0 unspecified atom stereocenters. The summed E-state index contributed by atoms with van der Waals surface area (Å²) < 4.78 is 0. The molecule has 4 rings (SSSR count). The highest BCUT2D eigenvalue weighted by Gasteiger charge is 2.25. The van der Waals surface area contributed by atoms with Gasteiger partial charge in [-0.05, 0) is 34.9 Å². The maximum atomic E-state index is 13.0. The summed E-state index contributed by atoms with van der Waals surface area (Å²) in [5.41, 5.74) is 3.96. The van der Waals surface area contributed by atoms with Crippen LogP contribution in [0.3, 0.4) is 0 Å². The number of hydrogen-bond acceptors (Lipinski definition) is 3. The Balaban J connectivity index is 1.45. The van der Waals surface area contributed by atoms with E-state index in [1.165, 1.54) is 0 Å². The van der Waals surface area contributed by atoms with Crippen LogP contribution in [0.25, 0.3) is 11.1 Å². The topological polar surface area (TPSA) is 32.7 Å². The van der Waals surface area contributed by atoms with Crippen LogP contribution >= 0.6 is 23.4 Å². The fourth-order valence-electron chi connectivity index (χ4n) is 3.09. The second-order valence-corrected chi connectivity index (χ2v) is 7.79. The maximum Gasteiger partial charge on any atom is 0.259 e. The fourth-order valence-corrected chi connectivity index (χ4v) is 4.42. The van der Waals surface area contributed by atoms with Gasteiger partial charge in [0.2, 0.25) is 0 Å². The van der Waals surface area contributed by atoms with Crippen molar-refractivity contribution >= 4 is 34.4 Å². The van der Waals surface area contributed by atoms with Gasteiger partial charge in [-0.15, -0.1) is 0 Å². The lowest BCUT2D eigenvalue weighted by atomic mass is 10.0. The van der Waals surface area contributed by atoms with Crippen LogP contribution in [0.5, 0.6) is 0 Å². The minimum atomic E-state index is -0.0116. The number of amidine groups is 1. The van der Waals surface area contributed by atoms with E-state index in [2.05, 4.69) is 17.1 Å². The van der Waals surface area contributed by atoms with Crippen molar-refractivity contribution in [2.45, 2.75) is 5.75 Å². The van der Waals surface area contributed by atoms with Gasteiger partial charge < -0.3 is 0 Å². The van der Waals surface area contributed by atoms with Crippen LogP contribution in [0.15, 0.2) is 83.9 Å². The molecule has 0 atom stereocenters. The molecular weight excluding hydrogens is 388 g/mol. The van der Waals surface area contributed by atoms with Gasteiger partial charge in [0.25, 0.3) is 5.91 Å². The predicted molar refractivity (Wildman–Crippen MR) is 118 cm³/mol. The molecule has 5 heteroatoms. The Morgan fingerprint density at radius 1 is 0.929 bits per heavy atom. The monoisotopic (exact) mass is 406 g/mol. The smallest absolute Gasteiger partial charge is 0.259 e. The summed E-state index contributed by atoms with van der Waals surface area (Å²) in [5, 5.41) is 1.50. The number of carbonyl (C=O) groups excluding carboxylic acids is 1. The summed E-state index contributed by atoms with van der Waals surface area (Å²) in [6.45, 7) is 1.25. The second-order valence-electron chi connectivity index (χ2n) is 6.44. The number of aliphatic imine (C=N–C) groups is 1. The van der Waals surface area contributed by atoms with Gasteiger partial charge in [-0.25, -0.2) is 0 Å². The number of amides is 1. The van der Waals surface area contributed by atoms with Gasteiger partial charge in [0.15, 0.2) is 5.17 Å². The highest BCUT2D eigenvalue weighted by Crippen LogP contribution is 2.26. The zero-order valence-electron chi connectivity index (χ0n) is 15.2. The van der Waals surface area contributed by atoms with Crippen molar-refractivity contribution < 1.29 is 4.79 Å². The molecule has 1 aliphatic rings. The van der Waals surface area contributed by atoms with Crippen LogP contribution in [0.4, 0.5) is 0 Å². The molecule has 3 aromatic rings. The van der Waals surface area contributed by atoms with Gasteiger partial charge in [0.1, 0.15) is 0 Å². The van der Waals surface area contributed by atoms with E-state index in [-0.39, 0.29) is 5.91 Å². The highest BCUT2D eigenvalue weighted by atomic mass is 35.5. The van der Waals surface area contributed by atoms with E-state index in [4.69, 9.17) is 11.6 Å². The standard InChI is InChI=1S/C23H19ClN2OS/c24-21-9-5-4-8-20(21)16-28-23-25-14-15-26(23)22(27)19-12-10-18(11-13-19)17-6-2-1-3-7-17/h1-13H,14-16H2. The van der Waals surface area contributed by atoms with Crippen molar-refractivity contribution in [3.8, 4) is 11.1 Å². The number of nitrogens with zero attached hydrogens (tertiary/aromatic N) is 2. The summed E-state index contributed by atoms with van der Waals surface area (Å²) >= 11 is 7.79. The van der Waals surface area contributed by atoms with Crippen molar-refractivity contribution in [2.75, 3.05) is 13.1 Å². The van der Waals surface area contributed by atoms with Gasteiger partial charge in [0, 0.05) is 22.9 Å². The third kappa shape index (κ3) is 4.13. The molecule has 0 saturated carbocycles. The Kier molecular flexibility index (Phi) is 5.79. The molecule has 28 heavy (non-hydrogen) atoms. The molecule has 0 aromatic heterocycles. The summed E-state index contributed by atoms with van der Waals surface area (Å²) in [6.07, 6.45) is 0. The SMILES string of the molecule is O=C(c1ccc(-c2ccccc2)cc1)N1CCN=C1SCc1ccccc1Cl. The summed E-state index contributed by atoms with van der Waals surface area (Å²) in [5.74, 6) is 0.678.